The van der Waals surface area contributed by atoms with Gasteiger partial charge in [0, 0.05) is 31.4 Å². The molecule has 3 atom stereocenters. The van der Waals surface area contributed by atoms with E-state index in [0.29, 0.717) is 31.5 Å². The number of carbonyl (C=O) groups is 4. The molecule has 0 aromatic carbocycles. The van der Waals surface area contributed by atoms with Gasteiger partial charge in [-0.15, -0.1) is 0 Å². The molecule has 2 heterocycles. The Kier molecular flexibility index (Phi) is 9.60. The Balaban J connectivity index is 2.17. The van der Waals surface area contributed by atoms with Crippen LogP contribution in [0.25, 0.3) is 0 Å². The van der Waals surface area contributed by atoms with Gasteiger partial charge in [0.05, 0.1) is 12.9 Å². The lowest BCUT2D eigenvalue weighted by Gasteiger charge is -2.29. The third kappa shape index (κ3) is 7.75. The van der Waals surface area contributed by atoms with Crippen molar-refractivity contribution < 1.29 is 19.2 Å². The summed E-state index contributed by atoms with van der Waals surface area (Å²) in [5.74, 6) is -2.22. The van der Waals surface area contributed by atoms with E-state index in [-0.39, 0.29) is 31.9 Å². The molecule has 11 N–H and O–H groups in total. The average Bonchev–Trinajstić information content (AvgIpc) is 3.46. The summed E-state index contributed by atoms with van der Waals surface area (Å²) >= 11 is 0. The largest absolute Gasteiger partial charge is 0.370 e. The van der Waals surface area contributed by atoms with E-state index in [1.165, 1.54) is 17.4 Å². The summed E-state index contributed by atoms with van der Waals surface area (Å²) in [5, 5.41) is 5.25. The minimum atomic E-state index is -1.000. The maximum absolute atomic E-state index is 13.2. The number of aromatic nitrogens is 2. The molecular weight excluding hydrogens is 432 g/mol. The quantitative estimate of drug-likeness (QED) is 0.0923. The number of hydrogen-bond donors (Lipinski definition) is 7. The Labute approximate surface area is 190 Å². The van der Waals surface area contributed by atoms with Crippen molar-refractivity contribution in [3.8, 4) is 0 Å². The molecular formula is C19H32N10O4. The minimum absolute atomic E-state index is 0.0839. The smallest absolute Gasteiger partial charge is 0.245 e. The zero-order valence-corrected chi connectivity index (χ0v) is 18.3. The lowest BCUT2D eigenvalue weighted by Crippen LogP contribution is -2.57. The second kappa shape index (κ2) is 12.4. The van der Waals surface area contributed by atoms with Gasteiger partial charge in [-0.25, -0.2) is 4.98 Å². The number of guanidine groups is 1. The van der Waals surface area contributed by atoms with Gasteiger partial charge in [0.25, 0.3) is 0 Å². The normalized spacial score (nSPS) is 17.1. The van der Waals surface area contributed by atoms with Crippen LogP contribution in [-0.4, -0.2) is 82.2 Å². The van der Waals surface area contributed by atoms with Crippen LogP contribution in [0.4, 0.5) is 0 Å². The minimum Gasteiger partial charge on any atom is -0.370 e. The van der Waals surface area contributed by atoms with Gasteiger partial charge >= 0.3 is 0 Å². The first kappa shape index (κ1) is 25.6. The molecule has 3 unspecified atom stereocenters. The van der Waals surface area contributed by atoms with Gasteiger partial charge in [0.15, 0.2) is 5.96 Å². The molecule has 0 bridgehead atoms. The maximum Gasteiger partial charge on any atom is 0.245 e. The van der Waals surface area contributed by atoms with Crippen molar-refractivity contribution in [2.45, 2.75) is 50.2 Å². The van der Waals surface area contributed by atoms with Gasteiger partial charge in [-0.3, -0.25) is 24.2 Å². The molecule has 2 rings (SSSR count). The summed E-state index contributed by atoms with van der Waals surface area (Å²) in [6, 6.07) is -2.70. The molecule has 33 heavy (non-hydrogen) atoms. The molecule has 182 valence electrons. The fraction of sp³-hybridized carbons (Fsp3) is 0.579. The van der Waals surface area contributed by atoms with Gasteiger partial charge in [-0.1, -0.05) is 0 Å². The number of rotatable bonds is 12. The topological polar surface area (TPSA) is 241 Å². The van der Waals surface area contributed by atoms with E-state index in [9.17, 15) is 19.2 Å². The van der Waals surface area contributed by atoms with Crippen molar-refractivity contribution >= 4 is 29.6 Å². The predicted octanol–water partition coefficient (Wildman–Crippen LogP) is -3.59. The van der Waals surface area contributed by atoms with Crippen LogP contribution in [0, 0.1) is 0 Å². The van der Waals surface area contributed by atoms with E-state index in [4.69, 9.17) is 22.9 Å². The van der Waals surface area contributed by atoms with Crippen molar-refractivity contribution in [3.63, 3.8) is 0 Å². The van der Waals surface area contributed by atoms with E-state index in [0.717, 1.165) is 0 Å². The van der Waals surface area contributed by atoms with Gasteiger partial charge < -0.3 is 43.5 Å². The molecule has 0 saturated carbocycles. The molecule has 1 aromatic heterocycles. The lowest BCUT2D eigenvalue weighted by atomic mass is 10.1. The Morgan fingerprint density at radius 2 is 1.97 bits per heavy atom. The first-order valence-corrected chi connectivity index (χ1v) is 10.6. The Bertz CT molecular complexity index is 853. The molecule has 1 aliphatic rings. The van der Waals surface area contributed by atoms with E-state index in [1.54, 1.807) is 0 Å². The zero-order chi connectivity index (χ0) is 24.4. The molecule has 14 heteroatoms. The van der Waals surface area contributed by atoms with E-state index >= 15 is 0 Å². The summed E-state index contributed by atoms with van der Waals surface area (Å²) < 4.78 is 0. The van der Waals surface area contributed by atoms with Crippen molar-refractivity contribution in [2.75, 3.05) is 19.6 Å². The van der Waals surface area contributed by atoms with Crippen LogP contribution in [0.1, 0.15) is 31.4 Å². The predicted molar refractivity (Wildman–Crippen MR) is 119 cm³/mol. The first-order chi connectivity index (χ1) is 15.7. The molecule has 14 nitrogen and oxygen atoms in total. The number of likely N-dealkylation sites (tertiary alicyclic amines) is 1. The van der Waals surface area contributed by atoms with Crippen molar-refractivity contribution in [2.24, 2.45) is 27.9 Å². The summed E-state index contributed by atoms with van der Waals surface area (Å²) in [6.07, 6.45) is 4.78. The van der Waals surface area contributed by atoms with Crippen LogP contribution < -0.4 is 33.6 Å². The monoisotopic (exact) mass is 464 g/mol. The Hall–Kier alpha value is -3.68. The summed E-state index contributed by atoms with van der Waals surface area (Å²) in [4.78, 5) is 62.0. The highest BCUT2D eigenvalue weighted by molar-refractivity contribution is 5.94. The second-order valence-electron chi connectivity index (χ2n) is 7.71. The number of aliphatic imine (C=N–C) groups is 1. The van der Waals surface area contributed by atoms with Crippen LogP contribution >= 0.6 is 0 Å². The fourth-order valence-electron chi connectivity index (χ4n) is 3.64. The maximum atomic E-state index is 13.2. The molecule has 1 aromatic rings. The summed E-state index contributed by atoms with van der Waals surface area (Å²) in [5.41, 5.74) is 22.1. The van der Waals surface area contributed by atoms with Gasteiger partial charge in [0.2, 0.25) is 23.6 Å². The number of carbonyl (C=O) groups excluding carboxylic acids is 4. The van der Waals surface area contributed by atoms with Crippen LogP contribution in [-0.2, 0) is 25.6 Å². The first-order valence-electron chi connectivity index (χ1n) is 10.6. The lowest BCUT2D eigenvalue weighted by molar-refractivity contribution is -0.141. The zero-order valence-electron chi connectivity index (χ0n) is 18.3. The molecule has 0 aliphatic carbocycles. The third-order valence-corrected chi connectivity index (χ3v) is 5.24. The SMILES string of the molecule is NCC(=O)NC(Cc1cnc[nH]1)C(=O)NC(CCCN=C(N)N)C(=O)N1CCCC1C(N)=O. The molecule has 4 amide bonds. The highest BCUT2D eigenvalue weighted by Crippen LogP contribution is 2.19. The number of amides is 4. The highest BCUT2D eigenvalue weighted by Gasteiger charge is 2.37. The third-order valence-electron chi connectivity index (χ3n) is 5.24. The molecule has 1 saturated heterocycles. The van der Waals surface area contributed by atoms with Gasteiger partial charge in [-0.2, -0.15) is 0 Å². The number of nitrogens with zero attached hydrogens (tertiary/aromatic N) is 3. The molecule has 0 radical (unpaired) electrons. The second-order valence-corrected chi connectivity index (χ2v) is 7.71. The van der Waals surface area contributed by atoms with E-state index in [1.807, 2.05) is 0 Å². The van der Waals surface area contributed by atoms with Crippen molar-refractivity contribution in [3.05, 3.63) is 18.2 Å². The number of primary amides is 1. The van der Waals surface area contributed by atoms with Crippen LogP contribution in [0.2, 0.25) is 0 Å². The number of H-pyrrole nitrogens is 1. The number of imidazole rings is 1. The van der Waals surface area contributed by atoms with Gasteiger partial charge in [0.1, 0.15) is 18.1 Å². The molecule has 1 fully saturated rings. The molecule has 1 aliphatic heterocycles. The van der Waals surface area contributed by atoms with Crippen LogP contribution in [0.3, 0.4) is 0 Å². The average molecular weight is 465 g/mol. The van der Waals surface area contributed by atoms with Gasteiger partial charge in [-0.05, 0) is 25.7 Å². The number of nitrogens with one attached hydrogen (secondary N) is 3. The highest BCUT2D eigenvalue weighted by atomic mass is 16.2. The standard InChI is InChI=1S/C19H32N10O4/c20-8-15(30)27-13(7-11-9-24-10-26-11)17(32)28-12(3-1-5-25-19(22)23)18(33)29-6-2-4-14(29)16(21)31/h9-10,12-14H,1-8,20H2,(H2,21,31)(H,24,26)(H,27,30)(H,28,32)(H4,22,23,25). The summed E-state index contributed by atoms with van der Waals surface area (Å²) in [6.45, 7) is 0.304. The van der Waals surface area contributed by atoms with Crippen molar-refractivity contribution in [1.82, 2.24) is 25.5 Å². The molecule has 0 spiro atoms. The Morgan fingerprint density at radius 3 is 2.58 bits per heavy atom. The Morgan fingerprint density at radius 1 is 1.21 bits per heavy atom. The summed E-state index contributed by atoms with van der Waals surface area (Å²) in [7, 11) is 0. The van der Waals surface area contributed by atoms with E-state index in [2.05, 4.69) is 25.6 Å². The number of aromatic amines is 1. The van der Waals surface area contributed by atoms with Crippen LogP contribution in [0.5, 0.6) is 0 Å². The number of hydrogen-bond acceptors (Lipinski definition) is 7. The number of nitrogens with two attached hydrogens (primary N) is 4. The van der Waals surface area contributed by atoms with E-state index < -0.39 is 41.8 Å². The fourth-order valence-corrected chi connectivity index (χ4v) is 3.64. The van der Waals surface area contributed by atoms with Crippen molar-refractivity contribution in [1.29, 1.82) is 0 Å². The van der Waals surface area contributed by atoms with Crippen LogP contribution in [0.15, 0.2) is 17.5 Å².